The molecule has 1 aromatic rings. The molecule has 1 amide bonds. The fraction of sp³-hybridized carbons (Fsp3) is 0.471. The van der Waals surface area contributed by atoms with E-state index in [2.05, 4.69) is 21.2 Å². The van der Waals surface area contributed by atoms with Gasteiger partial charge in [0.2, 0.25) is 0 Å². The maximum atomic E-state index is 12.3. The second-order valence-electron chi connectivity index (χ2n) is 5.19. The molecule has 1 N–H and O–H groups in total. The van der Waals surface area contributed by atoms with Crippen molar-refractivity contribution in [3.05, 3.63) is 28.2 Å². The molecule has 132 valence electrons. The van der Waals surface area contributed by atoms with Gasteiger partial charge in [-0.1, -0.05) is 22.9 Å². The van der Waals surface area contributed by atoms with Crippen LogP contribution >= 0.6 is 15.9 Å². The Balaban J connectivity index is 2.54. The van der Waals surface area contributed by atoms with Crippen LogP contribution in [0.25, 0.3) is 0 Å². The van der Waals surface area contributed by atoms with Gasteiger partial charge in [-0.25, -0.2) is 0 Å². The van der Waals surface area contributed by atoms with Crippen molar-refractivity contribution in [3.8, 4) is 5.75 Å². The average molecular weight is 400 g/mol. The first-order valence-electron chi connectivity index (χ1n) is 7.73. The predicted molar refractivity (Wildman–Crippen MR) is 93.1 cm³/mol. The summed E-state index contributed by atoms with van der Waals surface area (Å²) in [5.74, 6) is -0.710. The molecule has 0 aromatic heterocycles. The highest BCUT2D eigenvalue weighted by atomic mass is 79.9. The molecule has 0 aliphatic heterocycles. The highest BCUT2D eigenvalue weighted by Gasteiger charge is 2.19. The van der Waals surface area contributed by atoms with E-state index in [1.54, 1.807) is 18.2 Å². The number of ketones is 1. The third-order valence-corrected chi connectivity index (χ3v) is 3.74. The highest BCUT2D eigenvalue weighted by Crippen LogP contribution is 2.24. The SMILES string of the molecule is CCCNC(=O)C(C)OC(=O)CCC(=O)c1cc(Br)ccc1OC. The average Bonchev–Trinajstić information content (AvgIpc) is 2.57. The molecule has 7 heteroatoms. The second-order valence-corrected chi connectivity index (χ2v) is 6.11. The number of carbonyl (C=O) groups excluding carboxylic acids is 3. The molecule has 0 saturated heterocycles. The molecule has 6 nitrogen and oxygen atoms in total. The Kier molecular flexibility index (Phi) is 8.46. The van der Waals surface area contributed by atoms with Crippen molar-refractivity contribution in [1.82, 2.24) is 5.32 Å². The third-order valence-electron chi connectivity index (χ3n) is 3.24. The molecule has 24 heavy (non-hydrogen) atoms. The topological polar surface area (TPSA) is 81.7 Å². The lowest BCUT2D eigenvalue weighted by Gasteiger charge is -2.13. The second kappa shape index (κ2) is 10.1. The minimum absolute atomic E-state index is 0.0189. The molecule has 0 aliphatic carbocycles. The van der Waals surface area contributed by atoms with Gasteiger partial charge in [-0.3, -0.25) is 14.4 Å². The van der Waals surface area contributed by atoms with Gasteiger partial charge in [-0.05, 0) is 31.5 Å². The fourth-order valence-electron chi connectivity index (χ4n) is 1.95. The Labute approximate surface area is 150 Å². The summed E-state index contributed by atoms with van der Waals surface area (Å²) in [6.45, 7) is 3.96. The van der Waals surface area contributed by atoms with E-state index in [1.807, 2.05) is 6.92 Å². The number of benzene rings is 1. The lowest BCUT2D eigenvalue weighted by Crippen LogP contribution is -2.36. The third kappa shape index (κ3) is 6.31. The van der Waals surface area contributed by atoms with Gasteiger partial charge < -0.3 is 14.8 Å². The van der Waals surface area contributed by atoms with E-state index in [4.69, 9.17) is 9.47 Å². The molecule has 1 atom stereocenters. The van der Waals surface area contributed by atoms with E-state index in [0.29, 0.717) is 17.9 Å². The minimum Gasteiger partial charge on any atom is -0.496 e. The zero-order chi connectivity index (χ0) is 18.1. The normalized spacial score (nSPS) is 11.5. The minimum atomic E-state index is -0.875. The molecular weight excluding hydrogens is 378 g/mol. The zero-order valence-electron chi connectivity index (χ0n) is 14.1. The number of rotatable bonds is 9. The van der Waals surface area contributed by atoms with Gasteiger partial charge in [0.05, 0.1) is 19.1 Å². The first kappa shape index (κ1) is 20.2. The Morgan fingerprint density at radius 2 is 1.96 bits per heavy atom. The van der Waals surface area contributed by atoms with Gasteiger partial charge in [-0.15, -0.1) is 0 Å². The van der Waals surface area contributed by atoms with Gasteiger partial charge in [0, 0.05) is 17.4 Å². The molecule has 0 heterocycles. The number of amides is 1. The first-order valence-corrected chi connectivity index (χ1v) is 8.52. The number of hydrogen-bond donors (Lipinski definition) is 1. The Hall–Kier alpha value is -1.89. The van der Waals surface area contributed by atoms with Crippen LogP contribution < -0.4 is 10.1 Å². The van der Waals surface area contributed by atoms with Crippen molar-refractivity contribution in [2.45, 2.75) is 39.2 Å². The summed E-state index contributed by atoms with van der Waals surface area (Å²) in [4.78, 5) is 35.7. The highest BCUT2D eigenvalue weighted by molar-refractivity contribution is 9.10. The summed E-state index contributed by atoms with van der Waals surface area (Å²) >= 11 is 3.30. The predicted octanol–water partition coefficient (Wildman–Crippen LogP) is 2.88. The number of nitrogens with one attached hydrogen (secondary N) is 1. The van der Waals surface area contributed by atoms with Crippen molar-refractivity contribution in [2.75, 3.05) is 13.7 Å². The Morgan fingerprint density at radius 1 is 1.25 bits per heavy atom. The molecular formula is C17H22BrNO5. The van der Waals surface area contributed by atoms with Crippen LogP contribution in [-0.2, 0) is 14.3 Å². The largest absolute Gasteiger partial charge is 0.496 e. The van der Waals surface area contributed by atoms with Crippen LogP contribution in [0.3, 0.4) is 0 Å². The number of esters is 1. The van der Waals surface area contributed by atoms with E-state index >= 15 is 0 Å². The maximum Gasteiger partial charge on any atom is 0.307 e. The van der Waals surface area contributed by atoms with E-state index in [9.17, 15) is 14.4 Å². The van der Waals surface area contributed by atoms with Crippen LogP contribution in [0.1, 0.15) is 43.5 Å². The lowest BCUT2D eigenvalue weighted by molar-refractivity contribution is -0.154. The summed E-state index contributed by atoms with van der Waals surface area (Å²) in [5.41, 5.74) is 0.397. The number of hydrogen-bond acceptors (Lipinski definition) is 5. The van der Waals surface area contributed by atoms with Crippen LogP contribution in [0.2, 0.25) is 0 Å². The summed E-state index contributed by atoms with van der Waals surface area (Å²) < 4.78 is 10.9. The molecule has 0 aliphatic rings. The van der Waals surface area contributed by atoms with E-state index in [-0.39, 0.29) is 24.5 Å². The number of Topliss-reactive ketones (excluding diaryl/α,β-unsaturated/α-hetero) is 1. The summed E-state index contributed by atoms with van der Waals surface area (Å²) in [5, 5.41) is 2.64. The molecule has 0 spiro atoms. The van der Waals surface area contributed by atoms with Crippen LogP contribution in [0, 0.1) is 0 Å². The Bertz CT molecular complexity index is 603. The fourth-order valence-corrected chi connectivity index (χ4v) is 2.31. The molecule has 1 unspecified atom stereocenters. The van der Waals surface area contributed by atoms with Gasteiger partial charge in [0.25, 0.3) is 5.91 Å². The van der Waals surface area contributed by atoms with Gasteiger partial charge in [-0.2, -0.15) is 0 Å². The van der Waals surface area contributed by atoms with Gasteiger partial charge in [0.1, 0.15) is 5.75 Å². The van der Waals surface area contributed by atoms with E-state index in [1.165, 1.54) is 14.0 Å². The van der Waals surface area contributed by atoms with Crippen LogP contribution in [0.15, 0.2) is 22.7 Å². The molecule has 0 fully saturated rings. The van der Waals surface area contributed by atoms with Crippen LogP contribution in [-0.4, -0.2) is 37.4 Å². The lowest BCUT2D eigenvalue weighted by atomic mass is 10.1. The summed E-state index contributed by atoms with van der Waals surface area (Å²) in [6.07, 6.45) is -0.191. The van der Waals surface area contributed by atoms with Crippen molar-refractivity contribution < 1.29 is 23.9 Å². The van der Waals surface area contributed by atoms with Crippen molar-refractivity contribution in [1.29, 1.82) is 0 Å². The zero-order valence-corrected chi connectivity index (χ0v) is 15.6. The number of halogens is 1. The monoisotopic (exact) mass is 399 g/mol. The molecule has 1 rings (SSSR count). The van der Waals surface area contributed by atoms with E-state index < -0.39 is 12.1 Å². The Morgan fingerprint density at radius 3 is 2.58 bits per heavy atom. The standard InChI is InChI=1S/C17H22BrNO5/c1-4-9-19-17(22)11(2)24-16(21)8-6-14(20)13-10-12(18)5-7-15(13)23-3/h5,7,10-11H,4,6,8-9H2,1-3H3,(H,19,22). The number of methoxy groups -OCH3 is 1. The van der Waals surface area contributed by atoms with Crippen molar-refractivity contribution in [3.63, 3.8) is 0 Å². The van der Waals surface area contributed by atoms with Crippen molar-refractivity contribution in [2.24, 2.45) is 0 Å². The first-order chi connectivity index (χ1) is 11.4. The van der Waals surface area contributed by atoms with Gasteiger partial charge >= 0.3 is 5.97 Å². The number of carbonyl (C=O) groups is 3. The van der Waals surface area contributed by atoms with Crippen molar-refractivity contribution >= 4 is 33.6 Å². The van der Waals surface area contributed by atoms with Crippen LogP contribution in [0.4, 0.5) is 0 Å². The number of ether oxygens (including phenoxy) is 2. The quantitative estimate of drug-likeness (QED) is 0.509. The maximum absolute atomic E-state index is 12.3. The van der Waals surface area contributed by atoms with Gasteiger partial charge in [0.15, 0.2) is 11.9 Å². The summed E-state index contributed by atoms with van der Waals surface area (Å²) in [6, 6.07) is 5.09. The molecule has 0 saturated carbocycles. The molecule has 1 aromatic carbocycles. The molecule has 0 radical (unpaired) electrons. The smallest absolute Gasteiger partial charge is 0.307 e. The summed E-state index contributed by atoms with van der Waals surface area (Å²) in [7, 11) is 1.48. The van der Waals surface area contributed by atoms with Crippen LogP contribution in [0.5, 0.6) is 5.75 Å². The van der Waals surface area contributed by atoms with E-state index in [0.717, 1.165) is 10.9 Å². The molecule has 0 bridgehead atoms.